The first-order valence-corrected chi connectivity index (χ1v) is 6.02. The van der Waals surface area contributed by atoms with Crippen LogP contribution in [0.1, 0.15) is 11.1 Å². The van der Waals surface area contributed by atoms with Crippen LogP contribution in [0.3, 0.4) is 0 Å². The van der Waals surface area contributed by atoms with E-state index in [2.05, 4.69) is 48.1 Å². The molecule has 0 radical (unpaired) electrons. The van der Waals surface area contributed by atoms with Gasteiger partial charge in [0.15, 0.2) is 0 Å². The van der Waals surface area contributed by atoms with E-state index in [4.69, 9.17) is 0 Å². The van der Waals surface area contributed by atoms with Crippen LogP contribution in [0.2, 0.25) is 0 Å². The van der Waals surface area contributed by atoms with Crippen LogP contribution >= 0.6 is 0 Å². The number of hydrogen-bond donors (Lipinski definition) is 0. The first-order chi connectivity index (χ1) is 8.25. The minimum Gasteiger partial charge on any atom is -0.374 e. The summed E-state index contributed by atoms with van der Waals surface area (Å²) in [6.45, 7) is 3.22. The van der Waals surface area contributed by atoms with Crippen LogP contribution in [0.15, 0.2) is 36.5 Å². The van der Waals surface area contributed by atoms with E-state index < -0.39 is 0 Å². The fraction of sp³-hybridized carbons (Fsp3) is 0.267. The van der Waals surface area contributed by atoms with Gasteiger partial charge >= 0.3 is 0 Å². The van der Waals surface area contributed by atoms with Crippen LogP contribution < -0.4 is 4.90 Å². The zero-order chi connectivity index (χ0) is 11.8. The van der Waals surface area contributed by atoms with Crippen molar-refractivity contribution in [2.45, 2.75) is 13.3 Å². The Labute approximate surface area is 102 Å². The summed E-state index contributed by atoms with van der Waals surface area (Å²) >= 11 is 0. The van der Waals surface area contributed by atoms with Gasteiger partial charge in [-0.25, -0.2) is 0 Å². The third-order valence-electron chi connectivity index (χ3n) is 3.45. The molecule has 2 heterocycles. The summed E-state index contributed by atoms with van der Waals surface area (Å²) in [4.78, 5) is 6.81. The fourth-order valence-electron chi connectivity index (χ4n) is 2.52. The summed E-state index contributed by atoms with van der Waals surface area (Å²) in [6, 6.07) is 10.7. The number of pyridine rings is 1. The molecular formula is C15H16N2. The summed E-state index contributed by atoms with van der Waals surface area (Å²) in [5, 5.41) is 0. The van der Waals surface area contributed by atoms with E-state index in [1.54, 1.807) is 0 Å². The second-order valence-corrected chi connectivity index (χ2v) is 4.69. The first kappa shape index (κ1) is 10.3. The highest BCUT2D eigenvalue weighted by Crippen LogP contribution is 2.34. The number of rotatable bonds is 1. The zero-order valence-corrected chi connectivity index (χ0v) is 10.3. The molecule has 86 valence electrons. The molecule has 17 heavy (non-hydrogen) atoms. The average molecular weight is 224 g/mol. The van der Waals surface area contributed by atoms with Crippen molar-refractivity contribution in [3.63, 3.8) is 0 Å². The Hall–Kier alpha value is -1.83. The molecule has 1 aromatic heterocycles. The lowest BCUT2D eigenvalue weighted by Gasteiger charge is -2.13. The predicted octanol–water partition coefficient (Wildman–Crippen LogP) is 3.05. The largest absolute Gasteiger partial charge is 0.374 e. The average Bonchev–Trinajstić information content (AvgIpc) is 2.71. The Kier molecular flexibility index (Phi) is 2.36. The molecule has 1 aliphatic heterocycles. The molecule has 2 aromatic rings. The van der Waals surface area contributed by atoms with Gasteiger partial charge in [0.2, 0.25) is 0 Å². The SMILES string of the molecule is Cc1ccnc(-c2cccc3c2CCN3C)c1. The second-order valence-electron chi connectivity index (χ2n) is 4.69. The van der Waals surface area contributed by atoms with E-state index in [9.17, 15) is 0 Å². The number of hydrogen-bond acceptors (Lipinski definition) is 2. The van der Waals surface area contributed by atoms with Crippen molar-refractivity contribution in [2.75, 3.05) is 18.5 Å². The van der Waals surface area contributed by atoms with Crippen molar-refractivity contribution in [3.05, 3.63) is 47.7 Å². The molecule has 0 fully saturated rings. The number of benzene rings is 1. The van der Waals surface area contributed by atoms with Gasteiger partial charge in [-0.1, -0.05) is 12.1 Å². The molecule has 0 unspecified atom stereocenters. The number of aromatic nitrogens is 1. The van der Waals surface area contributed by atoms with Crippen molar-refractivity contribution < 1.29 is 0 Å². The fourth-order valence-corrected chi connectivity index (χ4v) is 2.52. The molecule has 2 heteroatoms. The smallest absolute Gasteiger partial charge is 0.0708 e. The highest BCUT2D eigenvalue weighted by Gasteiger charge is 2.19. The topological polar surface area (TPSA) is 16.1 Å². The Morgan fingerprint density at radius 3 is 2.94 bits per heavy atom. The standard InChI is InChI=1S/C15H16N2/c1-11-6-8-16-14(10-11)12-4-3-5-15-13(12)7-9-17(15)2/h3-6,8,10H,7,9H2,1-2H3. The van der Waals surface area contributed by atoms with Crippen LogP contribution in [0.5, 0.6) is 0 Å². The lowest BCUT2D eigenvalue weighted by Crippen LogP contribution is -2.12. The van der Waals surface area contributed by atoms with Crippen LogP contribution in [-0.2, 0) is 6.42 Å². The molecule has 1 aromatic carbocycles. The molecule has 0 bridgehead atoms. The van der Waals surface area contributed by atoms with Gasteiger partial charge in [0.1, 0.15) is 0 Å². The molecule has 0 aliphatic carbocycles. The molecule has 2 nitrogen and oxygen atoms in total. The first-order valence-electron chi connectivity index (χ1n) is 6.02. The third-order valence-corrected chi connectivity index (χ3v) is 3.45. The van der Waals surface area contributed by atoms with Gasteiger partial charge in [-0.2, -0.15) is 0 Å². The summed E-state index contributed by atoms with van der Waals surface area (Å²) in [7, 11) is 2.15. The van der Waals surface area contributed by atoms with E-state index in [0.717, 1.165) is 18.7 Å². The van der Waals surface area contributed by atoms with Crippen LogP contribution in [-0.4, -0.2) is 18.6 Å². The van der Waals surface area contributed by atoms with Gasteiger partial charge in [-0.3, -0.25) is 4.98 Å². The highest BCUT2D eigenvalue weighted by atomic mass is 15.1. The van der Waals surface area contributed by atoms with Crippen molar-refractivity contribution in [1.29, 1.82) is 0 Å². The molecule has 0 spiro atoms. The molecule has 0 amide bonds. The van der Waals surface area contributed by atoms with E-state index in [0.29, 0.717) is 0 Å². The molecule has 0 N–H and O–H groups in total. The Morgan fingerprint density at radius 1 is 1.24 bits per heavy atom. The quantitative estimate of drug-likeness (QED) is 0.740. The maximum Gasteiger partial charge on any atom is 0.0708 e. The minimum absolute atomic E-state index is 1.09. The number of likely N-dealkylation sites (N-methyl/N-ethyl adjacent to an activating group) is 1. The lowest BCUT2D eigenvalue weighted by molar-refractivity contribution is 0.956. The molecule has 0 atom stereocenters. The monoisotopic (exact) mass is 224 g/mol. The van der Waals surface area contributed by atoms with Crippen molar-refractivity contribution in [3.8, 4) is 11.3 Å². The van der Waals surface area contributed by atoms with Gasteiger partial charge in [0.05, 0.1) is 5.69 Å². The maximum absolute atomic E-state index is 4.49. The van der Waals surface area contributed by atoms with Crippen molar-refractivity contribution in [2.24, 2.45) is 0 Å². The van der Waals surface area contributed by atoms with E-state index in [1.807, 2.05) is 12.3 Å². The third kappa shape index (κ3) is 1.70. The van der Waals surface area contributed by atoms with Crippen LogP contribution in [0.25, 0.3) is 11.3 Å². The number of aryl methyl sites for hydroxylation is 1. The normalized spacial score (nSPS) is 13.9. The van der Waals surface area contributed by atoms with Gasteiger partial charge in [0.25, 0.3) is 0 Å². The highest BCUT2D eigenvalue weighted by molar-refractivity contribution is 5.74. The van der Waals surface area contributed by atoms with Gasteiger partial charge in [-0.15, -0.1) is 0 Å². The summed E-state index contributed by atoms with van der Waals surface area (Å²) in [5.74, 6) is 0. The zero-order valence-electron chi connectivity index (χ0n) is 10.3. The van der Waals surface area contributed by atoms with Gasteiger partial charge in [-0.05, 0) is 42.7 Å². The molecule has 3 rings (SSSR count). The van der Waals surface area contributed by atoms with E-state index >= 15 is 0 Å². The lowest BCUT2D eigenvalue weighted by atomic mass is 10.0. The number of anilines is 1. The Morgan fingerprint density at radius 2 is 2.12 bits per heavy atom. The molecule has 0 saturated carbocycles. The van der Waals surface area contributed by atoms with Crippen LogP contribution in [0, 0.1) is 6.92 Å². The number of nitrogens with zero attached hydrogens (tertiary/aromatic N) is 2. The van der Waals surface area contributed by atoms with Crippen molar-refractivity contribution >= 4 is 5.69 Å². The Balaban J connectivity index is 2.17. The molecule has 0 saturated heterocycles. The molecule has 1 aliphatic rings. The van der Waals surface area contributed by atoms with E-state index in [-0.39, 0.29) is 0 Å². The molecular weight excluding hydrogens is 208 g/mol. The van der Waals surface area contributed by atoms with E-state index in [1.165, 1.54) is 22.4 Å². The number of fused-ring (bicyclic) bond motifs is 1. The van der Waals surface area contributed by atoms with Gasteiger partial charge in [0, 0.05) is 31.0 Å². The predicted molar refractivity (Wildman–Crippen MR) is 71.4 cm³/mol. The van der Waals surface area contributed by atoms with Gasteiger partial charge < -0.3 is 4.90 Å². The summed E-state index contributed by atoms with van der Waals surface area (Å²) in [6.07, 6.45) is 3.01. The van der Waals surface area contributed by atoms with Crippen molar-refractivity contribution in [1.82, 2.24) is 4.98 Å². The Bertz CT molecular complexity index is 561. The maximum atomic E-state index is 4.49. The van der Waals surface area contributed by atoms with Crippen LogP contribution in [0.4, 0.5) is 5.69 Å². The second kappa shape index (κ2) is 3.88. The summed E-state index contributed by atoms with van der Waals surface area (Å²) in [5.41, 5.74) is 6.44. The summed E-state index contributed by atoms with van der Waals surface area (Å²) < 4.78 is 0. The minimum atomic E-state index is 1.09.